The SMILES string of the molecule is COc1ccc2c(c1)=[O+]C(C)(C)C([Se]c1ccccc1)C=2. The molecule has 1 aliphatic rings. The monoisotopic (exact) mass is 347 g/mol. The molecule has 3 rings (SSSR count). The Hall–Kier alpha value is -1.57. The summed E-state index contributed by atoms with van der Waals surface area (Å²) in [6.07, 6.45) is 2.35. The van der Waals surface area contributed by atoms with Crippen LogP contribution in [0.1, 0.15) is 13.8 Å². The molecule has 1 heterocycles. The fourth-order valence-corrected chi connectivity index (χ4v) is 4.82. The Balaban J connectivity index is 2.01. The van der Waals surface area contributed by atoms with E-state index in [0.29, 0.717) is 19.8 Å². The van der Waals surface area contributed by atoms with Crippen molar-refractivity contribution in [2.75, 3.05) is 7.11 Å². The Morgan fingerprint density at radius 2 is 1.86 bits per heavy atom. The van der Waals surface area contributed by atoms with E-state index < -0.39 is 0 Å². The van der Waals surface area contributed by atoms with E-state index in [1.54, 1.807) is 7.11 Å². The summed E-state index contributed by atoms with van der Waals surface area (Å²) in [4.78, 5) is 0.410. The fraction of sp³-hybridized carbons (Fsp3) is 0.278. The van der Waals surface area contributed by atoms with Crippen LogP contribution >= 0.6 is 0 Å². The van der Waals surface area contributed by atoms with Gasteiger partial charge in [0.05, 0.1) is 0 Å². The van der Waals surface area contributed by atoms with Gasteiger partial charge in [0, 0.05) is 0 Å². The average molecular weight is 346 g/mol. The van der Waals surface area contributed by atoms with Crippen LogP contribution in [0.15, 0.2) is 53.0 Å². The van der Waals surface area contributed by atoms with E-state index in [0.717, 1.165) is 16.4 Å². The molecule has 2 nitrogen and oxygen atoms in total. The summed E-state index contributed by atoms with van der Waals surface area (Å²) in [7, 11) is 1.68. The Bertz CT molecular complexity index is 751. The van der Waals surface area contributed by atoms with Crippen LogP contribution in [0.4, 0.5) is 0 Å². The molecule has 0 amide bonds. The third-order valence-corrected chi connectivity index (χ3v) is 6.77. The normalized spacial score (nSPS) is 19.1. The van der Waals surface area contributed by atoms with Crippen LogP contribution in [-0.2, 0) is 0 Å². The third-order valence-electron chi connectivity index (χ3n) is 3.62. The second-order valence-electron chi connectivity index (χ2n) is 5.63. The molecule has 3 heteroatoms. The van der Waals surface area contributed by atoms with Crippen molar-refractivity contribution in [3.8, 4) is 5.75 Å². The van der Waals surface area contributed by atoms with Crippen molar-refractivity contribution < 1.29 is 4.74 Å². The van der Waals surface area contributed by atoms with E-state index in [1.165, 1.54) is 4.46 Å². The summed E-state index contributed by atoms with van der Waals surface area (Å²) in [6, 6.07) is 16.7. The predicted octanol–water partition coefficient (Wildman–Crippen LogP) is 1.70. The van der Waals surface area contributed by atoms with Gasteiger partial charge in [0.2, 0.25) is 0 Å². The number of methoxy groups -OCH3 is 1. The second kappa shape index (κ2) is 5.67. The van der Waals surface area contributed by atoms with Gasteiger partial charge in [-0.05, 0) is 0 Å². The molecular formula is C18H19O2Se+. The van der Waals surface area contributed by atoms with Crippen molar-refractivity contribution in [1.82, 2.24) is 0 Å². The van der Waals surface area contributed by atoms with Crippen LogP contribution < -0.4 is 19.8 Å². The van der Waals surface area contributed by atoms with Crippen LogP contribution in [0.3, 0.4) is 0 Å². The summed E-state index contributed by atoms with van der Waals surface area (Å²) >= 11 is 0.350. The summed E-state index contributed by atoms with van der Waals surface area (Å²) in [5.74, 6) is 0.838. The number of fused-ring (bicyclic) bond motifs is 1. The molecular weight excluding hydrogens is 327 g/mol. The standard InChI is InChI=1S/C18H19O2Se/c1-18(2)17(21-15-7-5-4-6-8-15)11-13-9-10-14(19-3)12-16(13)20-18/h4-12,17H,1-3H3/q+1. The summed E-state index contributed by atoms with van der Waals surface area (Å²) in [5.41, 5.74) is 0.717. The maximum atomic E-state index is 6.25. The molecule has 0 saturated carbocycles. The van der Waals surface area contributed by atoms with E-state index in [1.807, 2.05) is 12.1 Å². The molecule has 0 aromatic heterocycles. The maximum absolute atomic E-state index is 6.25. The van der Waals surface area contributed by atoms with Gasteiger partial charge in [-0.15, -0.1) is 0 Å². The van der Waals surface area contributed by atoms with Crippen molar-refractivity contribution in [3.63, 3.8) is 0 Å². The summed E-state index contributed by atoms with van der Waals surface area (Å²) in [6.45, 7) is 4.34. The molecule has 1 aliphatic heterocycles. The number of rotatable bonds is 3. The molecule has 0 bridgehead atoms. The van der Waals surface area contributed by atoms with Gasteiger partial charge in [-0.1, -0.05) is 0 Å². The molecule has 21 heavy (non-hydrogen) atoms. The van der Waals surface area contributed by atoms with Crippen LogP contribution in [-0.4, -0.2) is 27.7 Å². The van der Waals surface area contributed by atoms with Crippen LogP contribution in [0, 0.1) is 0 Å². The van der Waals surface area contributed by atoms with E-state index in [4.69, 9.17) is 9.16 Å². The predicted molar refractivity (Wildman–Crippen MR) is 88.6 cm³/mol. The molecule has 1 atom stereocenters. The van der Waals surface area contributed by atoms with Crippen molar-refractivity contribution in [3.05, 3.63) is 63.6 Å². The van der Waals surface area contributed by atoms with Crippen LogP contribution in [0.2, 0.25) is 4.82 Å². The summed E-state index contributed by atoms with van der Waals surface area (Å²) in [5, 5.41) is 1.16. The van der Waals surface area contributed by atoms with Gasteiger partial charge >= 0.3 is 131 Å². The topological polar surface area (TPSA) is 20.5 Å². The molecule has 2 aromatic rings. The quantitative estimate of drug-likeness (QED) is 0.612. The Kier molecular flexibility index (Phi) is 3.88. The van der Waals surface area contributed by atoms with Crippen molar-refractivity contribution in [2.45, 2.75) is 24.3 Å². The number of benzene rings is 2. The minimum atomic E-state index is -0.199. The van der Waals surface area contributed by atoms with Crippen molar-refractivity contribution in [2.24, 2.45) is 0 Å². The zero-order chi connectivity index (χ0) is 14.9. The van der Waals surface area contributed by atoms with Gasteiger partial charge in [0.1, 0.15) is 0 Å². The molecule has 108 valence electrons. The van der Waals surface area contributed by atoms with Crippen molar-refractivity contribution >= 4 is 25.5 Å². The molecule has 0 radical (unpaired) electrons. The zero-order valence-electron chi connectivity index (χ0n) is 12.5. The van der Waals surface area contributed by atoms with E-state index in [2.05, 4.69) is 56.3 Å². The fourth-order valence-electron chi connectivity index (χ4n) is 2.39. The Morgan fingerprint density at radius 3 is 2.57 bits per heavy atom. The first-order valence-corrected chi connectivity index (χ1v) is 8.87. The molecule has 0 N–H and O–H groups in total. The Labute approximate surface area is 131 Å². The van der Waals surface area contributed by atoms with Gasteiger partial charge < -0.3 is 0 Å². The molecule has 0 spiro atoms. The van der Waals surface area contributed by atoms with E-state index in [9.17, 15) is 0 Å². The molecule has 2 aromatic carbocycles. The minimum absolute atomic E-state index is 0.199. The third kappa shape index (κ3) is 3.04. The van der Waals surface area contributed by atoms with Gasteiger partial charge in [0.25, 0.3) is 0 Å². The van der Waals surface area contributed by atoms with E-state index >= 15 is 0 Å². The van der Waals surface area contributed by atoms with E-state index in [-0.39, 0.29) is 5.60 Å². The first-order chi connectivity index (χ1) is 10.1. The van der Waals surface area contributed by atoms with Gasteiger partial charge in [-0.25, -0.2) is 0 Å². The van der Waals surface area contributed by atoms with Crippen LogP contribution in [0.5, 0.6) is 5.75 Å². The van der Waals surface area contributed by atoms with Gasteiger partial charge in [-0.2, -0.15) is 0 Å². The number of ether oxygens (including phenoxy) is 1. The first-order valence-electron chi connectivity index (χ1n) is 7.02. The van der Waals surface area contributed by atoms with Gasteiger partial charge in [-0.3, -0.25) is 0 Å². The number of hydrogen-bond acceptors (Lipinski definition) is 1. The van der Waals surface area contributed by atoms with Crippen LogP contribution in [0.25, 0.3) is 6.08 Å². The summed E-state index contributed by atoms with van der Waals surface area (Å²) < 4.78 is 12.9. The second-order valence-corrected chi connectivity index (χ2v) is 8.18. The first kappa shape index (κ1) is 14.4. The number of hydrogen-bond donors (Lipinski definition) is 0. The zero-order valence-corrected chi connectivity index (χ0v) is 14.2. The Morgan fingerprint density at radius 1 is 1.10 bits per heavy atom. The molecule has 1 unspecified atom stereocenters. The average Bonchev–Trinajstić information content (AvgIpc) is 2.48. The van der Waals surface area contributed by atoms with Gasteiger partial charge in [0.15, 0.2) is 0 Å². The molecule has 0 aliphatic carbocycles. The van der Waals surface area contributed by atoms with Crippen molar-refractivity contribution in [1.29, 1.82) is 0 Å². The molecule has 0 saturated heterocycles. The molecule has 0 fully saturated rings.